The highest BCUT2D eigenvalue weighted by Crippen LogP contribution is 2.23. The van der Waals surface area contributed by atoms with Crippen LogP contribution < -0.4 is 32.7 Å². The monoisotopic (exact) mass is 488 g/mol. The molecular weight excluding hydrogens is 460 g/mol. The van der Waals surface area contributed by atoms with Gasteiger partial charge in [0.05, 0.1) is 0 Å². The average Bonchev–Trinajstić information content (AvgIpc) is 3.50. The third-order valence-corrected chi connectivity index (χ3v) is 5.46. The van der Waals surface area contributed by atoms with Crippen molar-refractivity contribution in [3.05, 3.63) is 59.9 Å². The molecule has 186 valence electrons. The van der Waals surface area contributed by atoms with Crippen molar-refractivity contribution in [1.29, 1.82) is 0 Å². The fourth-order valence-corrected chi connectivity index (χ4v) is 3.61. The molecule has 0 atom stereocenters. The number of nitrogens with zero attached hydrogens (tertiary/aromatic N) is 2. The summed E-state index contributed by atoms with van der Waals surface area (Å²) in [5, 5.41) is 13.2. The first kappa shape index (κ1) is 24.1. The number of rotatable bonds is 7. The summed E-state index contributed by atoms with van der Waals surface area (Å²) in [5.41, 5.74) is 15.1. The SMILES string of the molecule is CN=C(N)NCCNC(=O)c1cc2cc(NC(=O)c3cc4cc(NC(N)=NC)ccc4[nH]3)ccc2[nH]1. The van der Waals surface area contributed by atoms with Gasteiger partial charge < -0.3 is 42.7 Å². The largest absolute Gasteiger partial charge is 0.370 e. The normalized spacial score (nSPS) is 12.1. The minimum atomic E-state index is -0.286. The first-order valence-electron chi connectivity index (χ1n) is 11.2. The molecule has 12 heteroatoms. The van der Waals surface area contributed by atoms with Gasteiger partial charge in [-0.3, -0.25) is 19.6 Å². The molecule has 10 N–H and O–H groups in total. The van der Waals surface area contributed by atoms with Crippen LogP contribution >= 0.6 is 0 Å². The first-order chi connectivity index (χ1) is 17.4. The summed E-state index contributed by atoms with van der Waals surface area (Å²) in [7, 11) is 3.18. The van der Waals surface area contributed by atoms with E-state index >= 15 is 0 Å². The van der Waals surface area contributed by atoms with Gasteiger partial charge in [0.1, 0.15) is 11.4 Å². The van der Waals surface area contributed by atoms with Crippen LogP contribution in [0.1, 0.15) is 21.0 Å². The summed E-state index contributed by atoms with van der Waals surface area (Å²) in [6.07, 6.45) is 0. The lowest BCUT2D eigenvalue weighted by Crippen LogP contribution is -2.38. The Bertz CT molecular complexity index is 1480. The Hall–Kier alpha value is -5.00. The average molecular weight is 489 g/mol. The van der Waals surface area contributed by atoms with Crippen molar-refractivity contribution in [1.82, 2.24) is 20.6 Å². The van der Waals surface area contributed by atoms with Crippen molar-refractivity contribution < 1.29 is 9.59 Å². The third kappa shape index (κ3) is 5.55. The second-order valence-electron chi connectivity index (χ2n) is 7.95. The number of nitrogens with one attached hydrogen (secondary N) is 6. The van der Waals surface area contributed by atoms with Gasteiger partial charge in [0, 0.05) is 60.4 Å². The highest BCUT2D eigenvalue weighted by molar-refractivity contribution is 6.07. The Kier molecular flexibility index (Phi) is 7.04. The van der Waals surface area contributed by atoms with Crippen LogP contribution in [0.2, 0.25) is 0 Å². The lowest BCUT2D eigenvalue weighted by atomic mass is 10.2. The molecule has 2 amide bonds. The number of aliphatic imine (C=N–C) groups is 2. The predicted octanol–water partition coefficient (Wildman–Crippen LogP) is 1.52. The number of anilines is 2. The van der Waals surface area contributed by atoms with Gasteiger partial charge in [-0.25, -0.2) is 0 Å². The smallest absolute Gasteiger partial charge is 0.272 e. The van der Waals surface area contributed by atoms with Crippen LogP contribution in [-0.2, 0) is 0 Å². The van der Waals surface area contributed by atoms with E-state index in [0.29, 0.717) is 42.1 Å². The van der Waals surface area contributed by atoms with Gasteiger partial charge in [-0.2, -0.15) is 0 Å². The molecule has 4 rings (SSSR count). The standard InChI is InChI=1S/C24H28N10O2/c1-27-23(25)30-8-7-29-21(35)19-11-13-9-15(3-5-17(13)33-19)31-22(36)20-12-14-10-16(32-24(26)28-2)4-6-18(14)34-20/h3-6,9-12,33-34H,7-8H2,1-2H3,(H,29,35)(H,31,36)(H3,25,27,30)(H3,26,28,32). The molecule has 2 aromatic heterocycles. The maximum Gasteiger partial charge on any atom is 0.272 e. The molecule has 2 heterocycles. The van der Waals surface area contributed by atoms with Crippen molar-refractivity contribution in [3.63, 3.8) is 0 Å². The molecule has 0 fully saturated rings. The molecule has 2 aromatic carbocycles. The summed E-state index contributed by atoms with van der Waals surface area (Å²) in [5.74, 6) is 0.0774. The molecule has 0 aliphatic rings. The van der Waals surface area contributed by atoms with E-state index in [1.165, 1.54) is 0 Å². The number of H-pyrrole nitrogens is 2. The quantitative estimate of drug-likeness (QED) is 0.110. The minimum Gasteiger partial charge on any atom is -0.370 e. The number of hydrogen-bond acceptors (Lipinski definition) is 4. The van der Waals surface area contributed by atoms with Gasteiger partial charge in [0.25, 0.3) is 11.8 Å². The highest BCUT2D eigenvalue weighted by Gasteiger charge is 2.13. The van der Waals surface area contributed by atoms with Gasteiger partial charge in [-0.15, -0.1) is 0 Å². The van der Waals surface area contributed by atoms with E-state index < -0.39 is 0 Å². The summed E-state index contributed by atoms with van der Waals surface area (Å²) >= 11 is 0. The highest BCUT2D eigenvalue weighted by atomic mass is 16.2. The predicted molar refractivity (Wildman–Crippen MR) is 144 cm³/mol. The van der Waals surface area contributed by atoms with E-state index in [0.717, 1.165) is 27.5 Å². The Morgan fingerprint density at radius 1 is 0.722 bits per heavy atom. The van der Waals surface area contributed by atoms with E-state index in [-0.39, 0.29) is 11.8 Å². The minimum absolute atomic E-state index is 0.246. The maximum absolute atomic E-state index is 12.9. The number of nitrogens with two attached hydrogens (primary N) is 2. The second-order valence-corrected chi connectivity index (χ2v) is 7.95. The van der Waals surface area contributed by atoms with Crippen LogP contribution in [-0.4, -0.2) is 60.9 Å². The zero-order valence-corrected chi connectivity index (χ0v) is 19.9. The Morgan fingerprint density at radius 2 is 1.25 bits per heavy atom. The van der Waals surface area contributed by atoms with Gasteiger partial charge in [-0.05, 0) is 48.5 Å². The molecule has 0 saturated carbocycles. The van der Waals surface area contributed by atoms with E-state index in [1.807, 2.05) is 24.3 Å². The van der Waals surface area contributed by atoms with Crippen molar-refractivity contribution in [2.24, 2.45) is 21.5 Å². The van der Waals surface area contributed by atoms with Crippen LogP contribution in [0.3, 0.4) is 0 Å². The number of carbonyl (C=O) groups excluding carboxylic acids is 2. The van der Waals surface area contributed by atoms with Crippen molar-refractivity contribution in [2.45, 2.75) is 0 Å². The summed E-state index contributed by atoms with van der Waals surface area (Å²) < 4.78 is 0. The van der Waals surface area contributed by atoms with Crippen molar-refractivity contribution in [3.8, 4) is 0 Å². The number of aromatic nitrogens is 2. The molecule has 4 aromatic rings. The van der Waals surface area contributed by atoms with Crippen LogP contribution in [0.5, 0.6) is 0 Å². The molecule has 0 radical (unpaired) electrons. The summed E-state index contributed by atoms with van der Waals surface area (Å²) in [6, 6.07) is 14.5. The third-order valence-electron chi connectivity index (χ3n) is 5.46. The first-order valence-corrected chi connectivity index (χ1v) is 11.2. The van der Waals surface area contributed by atoms with Gasteiger partial charge >= 0.3 is 0 Å². The maximum atomic E-state index is 12.9. The van der Waals surface area contributed by atoms with E-state index in [2.05, 4.69) is 41.2 Å². The van der Waals surface area contributed by atoms with Crippen molar-refractivity contribution >= 4 is 56.9 Å². The van der Waals surface area contributed by atoms with Crippen LogP contribution in [0, 0.1) is 0 Å². The molecule has 0 unspecified atom stereocenters. The molecule has 12 nitrogen and oxygen atoms in total. The molecule has 0 aliphatic carbocycles. The Morgan fingerprint density at radius 3 is 1.83 bits per heavy atom. The molecule has 0 aliphatic heterocycles. The Balaban J connectivity index is 1.42. The zero-order chi connectivity index (χ0) is 25.7. The summed E-state index contributed by atoms with van der Waals surface area (Å²) in [4.78, 5) is 39.2. The van der Waals surface area contributed by atoms with E-state index in [4.69, 9.17) is 11.5 Å². The second kappa shape index (κ2) is 10.5. The number of carbonyl (C=O) groups is 2. The van der Waals surface area contributed by atoms with Gasteiger partial charge in [0.15, 0.2) is 11.9 Å². The lowest BCUT2D eigenvalue weighted by Gasteiger charge is -2.05. The number of hydrogen-bond donors (Lipinski definition) is 8. The van der Waals surface area contributed by atoms with Gasteiger partial charge in [0.2, 0.25) is 0 Å². The molecule has 36 heavy (non-hydrogen) atoms. The topological polar surface area (TPSA) is 191 Å². The number of aromatic amines is 2. The molecular formula is C24H28N10O2. The zero-order valence-electron chi connectivity index (χ0n) is 19.9. The number of guanidine groups is 2. The molecule has 0 spiro atoms. The van der Waals surface area contributed by atoms with Crippen LogP contribution in [0.4, 0.5) is 11.4 Å². The van der Waals surface area contributed by atoms with Crippen LogP contribution in [0.15, 0.2) is 58.5 Å². The fourth-order valence-electron chi connectivity index (χ4n) is 3.61. The van der Waals surface area contributed by atoms with Gasteiger partial charge in [-0.1, -0.05) is 0 Å². The van der Waals surface area contributed by atoms with E-state index in [1.54, 1.807) is 38.4 Å². The van der Waals surface area contributed by atoms with Crippen LogP contribution in [0.25, 0.3) is 21.8 Å². The summed E-state index contributed by atoms with van der Waals surface area (Å²) in [6.45, 7) is 0.839. The number of benzene rings is 2. The fraction of sp³-hybridized carbons (Fsp3) is 0.167. The lowest BCUT2D eigenvalue weighted by molar-refractivity contribution is 0.0949. The molecule has 0 bridgehead atoms. The van der Waals surface area contributed by atoms with Crippen molar-refractivity contribution in [2.75, 3.05) is 37.8 Å². The molecule has 0 saturated heterocycles. The Labute approximate surface area is 206 Å². The van der Waals surface area contributed by atoms with E-state index in [9.17, 15) is 9.59 Å². The number of fused-ring (bicyclic) bond motifs is 2. The number of amides is 2.